The van der Waals surface area contributed by atoms with Crippen LogP contribution in [-0.2, 0) is 6.42 Å². The van der Waals surface area contributed by atoms with E-state index in [0.29, 0.717) is 18.0 Å². The minimum absolute atomic E-state index is 0.197. The van der Waals surface area contributed by atoms with Crippen molar-refractivity contribution in [1.82, 2.24) is 15.6 Å². The van der Waals surface area contributed by atoms with Gasteiger partial charge in [0.05, 0.1) is 18.8 Å². The van der Waals surface area contributed by atoms with E-state index in [-0.39, 0.29) is 11.9 Å². The lowest BCUT2D eigenvalue weighted by atomic mass is 9.99. The quantitative estimate of drug-likeness (QED) is 0.642. The van der Waals surface area contributed by atoms with Crippen molar-refractivity contribution in [3.63, 3.8) is 0 Å². The summed E-state index contributed by atoms with van der Waals surface area (Å²) >= 11 is 0. The number of benzene rings is 1. The van der Waals surface area contributed by atoms with Crippen molar-refractivity contribution >= 4 is 0 Å². The summed E-state index contributed by atoms with van der Waals surface area (Å²) in [6, 6.07) is 8.03. The highest BCUT2D eigenvalue weighted by Crippen LogP contribution is 2.19. The van der Waals surface area contributed by atoms with Crippen molar-refractivity contribution in [2.45, 2.75) is 19.4 Å². The first kappa shape index (κ1) is 14.4. The highest BCUT2D eigenvalue weighted by Gasteiger charge is 2.14. The molecule has 1 heterocycles. The molecule has 0 saturated carbocycles. The number of hydrogen-bond acceptors (Lipinski definition) is 5. The lowest BCUT2D eigenvalue weighted by Gasteiger charge is -2.16. The number of methoxy groups -OCH3 is 1. The fourth-order valence-electron chi connectivity index (χ4n) is 1.98. The Hall–Kier alpha value is -2.05. The molecule has 0 bridgehead atoms. The number of nitrogens with one attached hydrogen (secondary N) is 1. The van der Waals surface area contributed by atoms with Gasteiger partial charge in [-0.05, 0) is 42.7 Å². The third-order valence-electron chi connectivity index (χ3n) is 3.16. The van der Waals surface area contributed by atoms with Gasteiger partial charge in [0.2, 0.25) is 5.88 Å². The zero-order chi connectivity index (χ0) is 14.5. The lowest BCUT2D eigenvalue weighted by Crippen LogP contribution is -2.30. The van der Waals surface area contributed by atoms with Gasteiger partial charge in [-0.3, -0.25) is 11.3 Å². The van der Waals surface area contributed by atoms with Gasteiger partial charge in [-0.15, -0.1) is 5.10 Å². The highest BCUT2D eigenvalue weighted by molar-refractivity contribution is 5.28. The van der Waals surface area contributed by atoms with Crippen molar-refractivity contribution < 1.29 is 9.13 Å². The third-order valence-corrected chi connectivity index (χ3v) is 3.16. The number of nitrogens with two attached hydrogens (primary N) is 1. The summed E-state index contributed by atoms with van der Waals surface area (Å²) in [6.45, 7) is 1.87. The van der Waals surface area contributed by atoms with Crippen molar-refractivity contribution in [2.24, 2.45) is 5.84 Å². The molecule has 0 amide bonds. The number of nitrogens with zero attached hydrogens (tertiary/aromatic N) is 2. The Morgan fingerprint density at radius 2 is 2.10 bits per heavy atom. The number of halogens is 1. The number of hydrazine groups is 1. The summed E-state index contributed by atoms with van der Waals surface area (Å²) in [7, 11) is 1.53. The van der Waals surface area contributed by atoms with Gasteiger partial charge in [0.15, 0.2) is 0 Å². The van der Waals surface area contributed by atoms with Crippen molar-refractivity contribution in [1.29, 1.82) is 0 Å². The molecule has 0 fully saturated rings. The van der Waals surface area contributed by atoms with Crippen molar-refractivity contribution in [3.05, 3.63) is 53.0 Å². The molecule has 1 unspecified atom stereocenters. The molecule has 0 aliphatic rings. The van der Waals surface area contributed by atoms with Gasteiger partial charge in [-0.1, -0.05) is 6.07 Å². The number of aryl methyl sites for hydroxylation is 1. The van der Waals surface area contributed by atoms with E-state index in [0.717, 1.165) is 11.1 Å². The zero-order valence-corrected chi connectivity index (χ0v) is 11.4. The smallest absolute Gasteiger partial charge is 0.233 e. The predicted molar refractivity (Wildman–Crippen MR) is 73.5 cm³/mol. The zero-order valence-electron chi connectivity index (χ0n) is 11.4. The Balaban J connectivity index is 2.19. The second kappa shape index (κ2) is 6.40. The Kier molecular flexibility index (Phi) is 4.60. The minimum Gasteiger partial charge on any atom is -0.480 e. The molecule has 2 aromatic rings. The van der Waals surface area contributed by atoms with Crippen molar-refractivity contribution in [3.8, 4) is 5.88 Å². The maximum Gasteiger partial charge on any atom is 0.233 e. The fraction of sp³-hybridized carbons (Fsp3) is 0.286. The monoisotopic (exact) mass is 276 g/mol. The van der Waals surface area contributed by atoms with Crippen LogP contribution < -0.4 is 16.0 Å². The number of hydrogen-bond donors (Lipinski definition) is 2. The first-order valence-corrected chi connectivity index (χ1v) is 6.23. The SMILES string of the molecule is COc1ccc(C(Cc2ccc(F)cc2C)NN)nn1. The number of ether oxygens (including phenoxy) is 1. The maximum absolute atomic E-state index is 13.1. The molecule has 1 aromatic heterocycles. The highest BCUT2D eigenvalue weighted by atomic mass is 19.1. The lowest BCUT2D eigenvalue weighted by molar-refractivity contribution is 0.389. The van der Waals surface area contributed by atoms with Gasteiger partial charge in [-0.25, -0.2) is 4.39 Å². The van der Waals surface area contributed by atoms with Crippen LogP contribution in [0.15, 0.2) is 30.3 Å². The molecule has 1 aromatic carbocycles. The van der Waals surface area contributed by atoms with Gasteiger partial charge >= 0.3 is 0 Å². The van der Waals surface area contributed by atoms with E-state index in [1.165, 1.54) is 19.2 Å². The summed E-state index contributed by atoms with van der Waals surface area (Å²) in [5.74, 6) is 5.78. The number of rotatable bonds is 5. The average molecular weight is 276 g/mol. The Morgan fingerprint density at radius 3 is 2.65 bits per heavy atom. The Morgan fingerprint density at radius 1 is 1.30 bits per heavy atom. The van der Waals surface area contributed by atoms with Crippen LogP contribution in [-0.4, -0.2) is 17.3 Å². The molecule has 0 saturated heterocycles. The second-order valence-corrected chi connectivity index (χ2v) is 4.49. The van der Waals surface area contributed by atoms with Gasteiger partial charge in [0.1, 0.15) is 5.82 Å². The van der Waals surface area contributed by atoms with E-state index in [2.05, 4.69) is 15.6 Å². The standard InChI is InChI=1S/C14H17FN4O/c1-9-7-11(15)4-3-10(9)8-13(17-16)12-5-6-14(20-2)19-18-12/h3-7,13,17H,8,16H2,1-2H3. The van der Waals surface area contributed by atoms with Crippen LogP contribution in [0.2, 0.25) is 0 Å². The molecule has 0 aliphatic heterocycles. The van der Waals surface area contributed by atoms with Crippen LogP contribution in [0.25, 0.3) is 0 Å². The van der Waals surface area contributed by atoms with E-state index in [4.69, 9.17) is 10.6 Å². The molecule has 0 aliphatic carbocycles. The third kappa shape index (κ3) is 3.28. The molecule has 1 atom stereocenters. The molecule has 3 N–H and O–H groups in total. The van der Waals surface area contributed by atoms with Crippen molar-refractivity contribution in [2.75, 3.05) is 7.11 Å². The summed E-state index contributed by atoms with van der Waals surface area (Å²) in [5, 5.41) is 7.99. The van der Waals surface area contributed by atoms with Gasteiger partial charge in [0.25, 0.3) is 0 Å². The Bertz CT molecular complexity index is 574. The Labute approximate surface area is 116 Å². The normalized spacial score (nSPS) is 12.2. The fourth-order valence-corrected chi connectivity index (χ4v) is 1.98. The molecule has 6 heteroatoms. The number of aromatic nitrogens is 2. The summed E-state index contributed by atoms with van der Waals surface area (Å²) in [4.78, 5) is 0. The van der Waals surface area contributed by atoms with Gasteiger partial charge in [0, 0.05) is 6.07 Å². The molecular formula is C14H17FN4O. The van der Waals surface area contributed by atoms with Crippen LogP contribution in [0.4, 0.5) is 4.39 Å². The molecule has 2 rings (SSSR count). The second-order valence-electron chi connectivity index (χ2n) is 4.49. The van der Waals surface area contributed by atoms with Gasteiger partial charge < -0.3 is 4.74 Å². The average Bonchev–Trinajstić information content (AvgIpc) is 2.47. The van der Waals surface area contributed by atoms with E-state index >= 15 is 0 Å². The van der Waals surface area contributed by atoms with Crippen LogP contribution in [0, 0.1) is 12.7 Å². The predicted octanol–water partition coefficient (Wildman–Crippen LogP) is 1.68. The largest absolute Gasteiger partial charge is 0.480 e. The maximum atomic E-state index is 13.1. The van der Waals surface area contributed by atoms with Crippen LogP contribution in [0.5, 0.6) is 5.88 Å². The summed E-state index contributed by atoms with van der Waals surface area (Å²) < 4.78 is 18.1. The summed E-state index contributed by atoms with van der Waals surface area (Å²) in [6.07, 6.45) is 0.601. The van der Waals surface area contributed by atoms with E-state index in [9.17, 15) is 4.39 Å². The summed E-state index contributed by atoms with van der Waals surface area (Å²) in [5.41, 5.74) is 5.30. The van der Waals surface area contributed by atoms with E-state index in [1.807, 2.05) is 6.92 Å². The molecule has 5 nitrogen and oxygen atoms in total. The van der Waals surface area contributed by atoms with Crippen LogP contribution in [0.1, 0.15) is 22.9 Å². The molecule has 0 spiro atoms. The van der Waals surface area contributed by atoms with Crippen LogP contribution in [0.3, 0.4) is 0 Å². The molecule has 106 valence electrons. The molecule has 0 radical (unpaired) electrons. The topological polar surface area (TPSA) is 73.1 Å². The van der Waals surface area contributed by atoms with Crippen LogP contribution >= 0.6 is 0 Å². The first-order valence-electron chi connectivity index (χ1n) is 6.23. The molecular weight excluding hydrogens is 259 g/mol. The van der Waals surface area contributed by atoms with E-state index in [1.54, 1.807) is 18.2 Å². The molecule has 20 heavy (non-hydrogen) atoms. The minimum atomic E-state index is -0.243. The van der Waals surface area contributed by atoms with Gasteiger partial charge in [-0.2, -0.15) is 5.10 Å². The van der Waals surface area contributed by atoms with E-state index < -0.39 is 0 Å². The first-order chi connectivity index (χ1) is 9.63.